The van der Waals surface area contributed by atoms with Gasteiger partial charge in [-0.05, 0) is 59.0 Å². The third-order valence-electron chi connectivity index (χ3n) is 3.60. The highest BCUT2D eigenvalue weighted by Gasteiger charge is 2.16. The highest BCUT2D eigenvalue weighted by atomic mass is 127. The van der Waals surface area contributed by atoms with Crippen LogP contribution in [0.25, 0.3) is 0 Å². The predicted octanol–water partition coefficient (Wildman–Crippen LogP) is 5.43. The predicted molar refractivity (Wildman–Crippen MR) is 108 cm³/mol. The molecular weight excluding hydrogens is 449 g/mol. The zero-order valence-electron chi connectivity index (χ0n) is 13.0. The number of nitrogens with one attached hydrogen (secondary N) is 1. The van der Waals surface area contributed by atoms with E-state index in [0.717, 1.165) is 3.57 Å². The second-order valence-corrected chi connectivity index (χ2v) is 7.03. The Morgan fingerprint density at radius 3 is 2.28 bits per heavy atom. The summed E-state index contributed by atoms with van der Waals surface area (Å²) in [7, 11) is 0. The van der Waals surface area contributed by atoms with Crippen molar-refractivity contribution in [3.05, 3.63) is 98.1 Å². The molecule has 1 N–H and O–H groups in total. The summed E-state index contributed by atoms with van der Waals surface area (Å²) in [5.41, 5.74) is 1.86. The molecule has 0 atom stereocenters. The summed E-state index contributed by atoms with van der Waals surface area (Å²) in [6, 6.07) is 21.0. The summed E-state index contributed by atoms with van der Waals surface area (Å²) in [6.45, 7) is 0. The van der Waals surface area contributed by atoms with E-state index < -0.39 is 0 Å². The van der Waals surface area contributed by atoms with Gasteiger partial charge in [-0.3, -0.25) is 9.59 Å². The molecule has 0 bridgehead atoms. The Labute approximate surface area is 164 Å². The molecule has 5 heteroatoms. The molecule has 3 nitrogen and oxygen atoms in total. The molecule has 0 spiro atoms. The van der Waals surface area contributed by atoms with Crippen LogP contribution in [-0.2, 0) is 0 Å². The molecule has 0 saturated carbocycles. The molecule has 0 heterocycles. The summed E-state index contributed by atoms with van der Waals surface area (Å²) in [5, 5.41) is 3.25. The molecule has 0 radical (unpaired) electrons. The van der Waals surface area contributed by atoms with Crippen molar-refractivity contribution in [3.63, 3.8) is 0 Å². The normalized spacial score (nSPS) is 10.3. The molecule has 0 fully saturated rings. The lowest BCUT2D eigenvalue weighted by Crippen LogP contribution is -2.15. The van der Waals surface area contributed by atoms with Crippen molar-refractivity contribution in [2.24, 2.45) is 0 Å². The second-order valence-electron chi connectivity index (χ2n) is 5.35. The molecule has 0 saturated heterocycles. The first kappa shape index (κ1) is 17.6. The van der Waals surface area contributed by atoms with Crippen LogP contribution < -0.4 is 5.32 Å². The van der Waals surface area contributed by atoms with Gasteiger partial charge in [0.1, 0.15) is 0 Å². The number of hydrogen-bond acceptors (Lipinski definition) is 2. The first-order chi connectivity index (χ1) is 12.0. The average molecular weight is 462 g/mol. The smallest absolute Gasteiger partial charge is 0.255 e. The summed E-state index contributed by atoms with van der Waals surface area (Å²) in [4.78, 5) is 25.3. The number of benzene rings is 3. The van der Waals surface area contributed by atoms with Gasteiger partial charge in [-0.2, -0.15) is 0 Å². The van der Waals surface area contributed by atoms with Crippen LogP contribution in [0.2, 0.25) is 5.02 Å². The van der Waals surface area contributed by atoms with Gasteiger partial charge >= 0.3 is 0 Å². The molecular formula is C20H13ClINO2. The SMILES string of the molecule is O=C(Nc1ccc(Cl)cc1C(=O)c1ccccc1)c1cccc(I)c1. The number of anilines is 1. The number of amides is 1. The number of carbonyl (C=O) groups excluding carboxylic acids is 2. The van der Waals surface area contributed by atoms with Crippen molar-refractivity contribution >= 4 is 51.6 Å². The van der Waals surface area contributed by atoms with Crippen LogP contribution >= 0.6 is 34.2 Å². The van der Waals surface area contributed by atoms with E-state index in [1.54, 1.807) is 54.6 Å². The van der Waals surface area contributed by atoms with Crippen LogP contribution in [0.4, 0.5) is 5.69 Å². The van der Waals surface area contributed by atoms with Crippen molar-refractivity contribution in [1.29, 1.82) is 0 Å². The van der Waals surface area contributed by atoms with Crippen molar-refractivity contribution in [1.82, 2.24) is 0 Å². The van der Waals surface area contributed by atoms with E-state index in [-0.39, 0.29) is 11.7 Å². The molecule has 3 rings (SSSR count). The Balaban J connectivity index is 1.94. The lowest BCUT2D eigenvalue weighted by atomic mass is 10.0. The van der Waals surface area contributed by atoms with Gasteiger partial charge in [-0.25, -0.2) is 0 Å². The fraction of sp³-hybridized carbons (Fsp3) is 0. The van der Waals surface area contributed by atoms with Crippen LogP contribution in [0.1, 0.15) is 26.3 Å². The standard InChI is InChI=1S/C20H13ClINO2/c21-15-9-10-18(23-20(25)14-7-4-8-16(22)11-14)17(12-15)19(24)13-5-2-1-3-6-13/h1-12H,(H,23,25). The van der Waals surface area contributed by atoms with Gasteiger partial charge in [0.15, 0.2) is 5.78 Å². The van der Waals surface area contributed by atoms with Crippen molar-refractivity contribution < 1.29 is 9.59 Å². The van der Waals surface area contributed by atoms with Gasteiger partial charge in [0, 0.05) is 25.3 Å². The van der Waals surface area contributed by atoms with Gasteiger partial charge in [-0.1, -0.05) is 48.0 Å². The first-order valence-electron chi connectivity index (χ1n) is 7.51. The lowest BCUT2D eigenvalue weighted by Gasteiger charge is -2.11. The fourth-order valence-corrected chi connectivity index (χ4v) is 3.10. The van der Waals surface area contributed by atoms with Gasteiger partial charge in [-0.15, -0.1) is 0 Å². The van der Waals surface area contributed by atoms with Crippen LogP contribution in [0.15, 0.2) is 72.8 Å². The largest absolute Gasteiger partial charge is 0.321 e. The van der Waals surface area contributed by atoms with E-state index in [4.69, 9.17) is 11.6 Å². The molecule has 3 aromatic carbocycles. The molecule has 0 aliphatic rings. The highest BCUT2D eigenvalue weighted by molar-refractivity contribution is 14.1. The van der Waals surface area contributed by atoms with E-state index in [1.165, 1.54) is 0 Å². The highest BCUT2D eigenvalue weighted by Crippen LogP contribution is 2.24. The van der Waals surface area contributed by atoms with Gasteiger partial charge in [0.05, 0.1) is 5.69 Å². The molecule has 3 aromatic rings. The monoisotopic (exact) mass is 461 g/mol. The third kappa shape index (κ3) is 4.27. The molecule has 0 aliphatic heterocycles. The quantitative estimate of drug-likeness (QED) is 0.416. The number of halogens is 2. The van der Waals surface area contributed by atoms with Gasteiger partial charge in [0.2, 0.25) is 0 Å². The molecule has 1 amide bonds. The molecule has 0 aliphatic carbocycles. The van der Waals surface area contributed by atoms with Crippen LogP contribution in [0.5, 0.6) is 0 Å². The maximum absolute atomic E-state index is 12.8. The van der Waals surface area contributed by atoms with Gasteiger partial charge < -0.3 is 5.32 Å². The minimum atomic E-state index is -0.275. The Kier molecular flexibility index (Phi) is 5.50. The summed E-state index contributed by atoms with van der Waals surface area (Å²) < 4.78 is 0.960. The molecule has 0 unspecified atom stereocenters. The fourth-order valence-electron chi connectivity index (χ4n) is 2.38. The molecule has 25 heavy (non-hydrogen) atoms. The third-order valence-corrected chi connectivity index (χ3v) is 4.50. The first-order valence-corrected chi connectivity index (χ1v) is 8.96. The second kappa shape index (κ2) is 7.80. The minimum absolute atomic E-state index is 0.193. The number of hydrogen-bond donors (Lipinski definition) is 1. The van der Waals surface area contributed by atoms with Crippen molar-refractivity contribution in [3.8, 4) is 0 Å². The Morgan fingerprint density at radius 2 is 1.56 bits per heavy atom. The Bertz CT molecular complexity index is 941. The van der Waals surface area contributed by atoms with Crippen molar-refractivity contribution in [2.75, 3.05) is 5.32 Å². The van der Waals surface area contributed by atoms with Crippen LogP contribution in [0.3, 0.4) is 0 Å². The van der Waals surface area contributed by atoms with Gasteiger partial charge in [0.25, 0.3) is 5.91 Å². The molecule has 124 valence electrons. The molecule has 0 aromatic heterocycles. The topological polar surface area (TPSA) is 46.2 Å². The maximum atomic E-state index is 12.8. The Hall–Kier alpha value is -2.18. The van der Waals surface area contributed by atoms with E-state index in [0.29, 0.717) is 27.4 Å². The van der Waals surface area contributed by atoms with E-state index >= 15 is 0 Å². The maximum Gasteiger partial charge on any atom is 0.255 e. The van der Waals surface area contributed by atoms with E-state index in [9.17, 15) is 9.59 Å². The summed E-state index contributed by atoms with van der Waals surface area (Å²) >= 11 is 8.20. The zero-order chi connectivity index (χ0) is 17.8. The Morgan fingerprint density at radius 1 is 0.840 bits per heavy atom. The number of carbonyl (C=O) groups is 2. The zero-order valence-corrected chi connectivity index (χ0v) is 15.9. The van der Waals surface area contributed by atoms with E-state index in [1.807, 2.05) is 18.2 Å². The minimum Gasteiger partial charge on any atom is -0.321 e. The summed E-state index contributed by atoms with van der Waals surface area (Å²) in [5.74, 6) is -0.469. The lowest BCUT2D eigenvalue weighted by molar-refractivity contribution is 0.102. The number of rotatable bonds is 4. The summed E-state index contributed by atoms with van der Waals surface area (Å²) in [6.07, 6.45) is 0. The van der Waals surface area contributed by atoms with Crippen molar-refractivity contribution in [2.45, 2.75) is 0 Å². The van der Waals surface area contributed by atoms with Crippen LogP contribution in [0, 0.1) is 3.57 Å². The average Bonchev–Trinajstić information content (AvgIpc) is 2.63. The van der Waals surface area contributed by atoms with E-state index in [2.05, 4.69) is 27.9 Å². The van der Waals surface area contributed by atoms with Crippen LogP contribution in [-0.4, -0.2) is 11.7 Å². The number of ketones is 1.